The predicted molar refractivity (Wildman–Crippen MR) is 111 cm³/mol. The Morgan fingerprint density at radius 2 is 2.09 bits per heavy atom. The second-order valence-electron chi connectivity index (χ2n) is 5.90. The SMILES string of the molecule is CCCCC(CC)CN=C(N)N1CCN(c2nccs2)CC1.I. The van der Waals surface area contributed by atoms with E-state index in [1.807, 2.05) is 11.6 Å². The number of piperazine rings is 1. The topological polar surface area (TPSA) is 57.8 Å². The van der Waals surface area contributed by atoms with Gasteiger partial charge in [-0.3, -0.25) is 4.99 Å². The number of nitrogens with zero attached hydrogens (tertiary/aromatic N) is 4. The summed E-state index contributed by atoms with van der Waals surface area (Å²) in [5, 5.41) is 3.14. The standard InChI is InChI=1S/C16H29N5S.HI/c1-3-5-6-14(4-2)13-19-15(17)20-8-10-21(11-9-20)16-18-7-12-22-16;/h7,12,14H,3-6,8-11,13H2,1-2H3,(H2,17,19);1H. The minimum Gasteiger partial charge on any atom is -0.370 e. The summed E-state index contributed by atoms with van der Waals surface area (Å²) in [6.07, 6.45) is 6.87. The molecule has 1 fully saturated rings. The van der Waals surface area contributed by atoms with Gasteiger partial charge in [-0.15, -0.1) is 35.3 Å². The third kappa shape index (κ3) is 6.45. The fourth-order valence-electron chi connectivity index (χ4n) is 2.74. The van der Waals surface area contributed by atoms with E-state index in [-0.39, 0.29) is 24.0 Å². The first-order valence-corrected chi connectivity index (χ1v) is 9.31. The van der Waals surface area contributed by atoms with Crippen LogP contribution >= 0.6 is 35.3 Å². The molecular weight excluding hydrogens is 421 g/mol. The molecule has 0 radical (unpaired) electrons. The van der Waals surface area contributed by atoms with Gasteiger partial charge in [-0.2, -0.15) is 0 Å². The van der Waals surface area contributed by atoms with Crippen LogP contribution in [0.1, 0.15) is 39.5 Å². The highest BCUT2D eigenvalue weighted by Crippen LogP contribution is 2.19. The van der Waals surface area contributed by atoms with Crippen LogP contribution in [0.2, 0.25) is 0 Å². The fraction of sp³-hybridized carbons (Fsp3) is 0.750. The third-order valence-corrected chi connectivity index (χ3v) is 5.18. The van der Waals surface area contributed by atoms with Crippen LogP contribution in [0.5, 0.6) is 0 Å². The van der Waals surface area contributed by atoms with Crippen molar-refractivity contribution in [1.82, 2.24) is 9.88 Å². The Hall–Kier alpha value is -0.570. The molecule has 1 aliphatic heterocycles. The zero-order chi connectivity index (χ0) is 15.8. The first kappa shape index (κ1) is 20.5. The van der Waals surface area contributed by atoms with Gasteiger partial charge in [0.25, 0.3) is 0 Å². The maximum Gasteiger partial charge on any atom is 0.191 e. The Balaban J connectivity index is 0.00000264. The van der Waals surface area contributed by atoms with Crippen molar-refractivity contribution < 1.29 is 0 Å². The van der Waals surface area contributed by atoms with Gasteiger partial charge < -0.3 is 15.5 Å². The normalized spacial score (nSPS) is 17.0. The molecule has 0 saturated carbocycles. The van der Waals surface area contributed by atoms with Gasteiger partial charge in [-0.05, 0) is 12.3 Å². The molecule has 2 heterocycles. The van der Waals surface area contributed by atoms with E-state index in [0.29, 0.717) is 11.9 Å². The summed E-state index contributed by atoms with van der Waals surface area (Å²) in [5.41, 5.74) is 6.19. The van der Waals surface area contributed by atoms with Gasteiger partial charge >= 0.3 is 0 Å². The van der Waals surface area contributed by atoms with Crippen molar-refractivity contribution in [3.05, 3.63) is 11.6 Å². The minimum absolute atomic E-state index is 0. The average Bonchev–Trinajstić information content (AvgIpc) is 3.09. The summed E-state index contributed by atoms with van der Waals surface area (Å²) in [4.78, 5) is 13.6. The number of aliphatic imine (C=N–C) groups is 1. The number of guanidine groups is 1. The van der Waals surface area contributed by atoms with Gasteiger partial charge in [0.05, 0.1) is 0 Å². The first-order valence-electron chi connectivity index (χ1n) is 8.43. The number of anilines is 1. The highest BCUT2D eigenvalue weighted by Gasteiger charge is 2.19. The van der Waals surface area contributed by atoms with Crippen LogP contribution in [-0.2, 0) is 0 Å². The van der Waals surface area contributed by atoms with E-state index in [9.17, 15) is 0 Å². The Morgan fingerprint density at radius 3 is 2.65 bits per heavy atom. The molecule has 1 atom stereocenters. The molecule has 0 aromatic carbocycles. The van der Waals surface area contributed by atoms with Crippen molar-refractivity contribution in [3.8, 4) is 0 Å². The van der Waals surface area contributed by atoms with Crippen molar-refractivity contribution >= 4 is 46.4 Å². The smallest absolute Gasteiger partial charge is 0.191 e. The molecule has 0 spiro atoms. The molecule has 0 aliphatic carbocycles. The first-order chi connectivity index (χ1) is 10.7. The monoisotopic (exact) mass is 451 g/mol. The maximum atomic E-state index is 6.19. The molecule has 0 amide bonds. The molecule has 23 heavy (non-hydrogen) atoms. The van der Waals surface area contributed by atoms with Crippen LogP contribution in [0.25, 0.3) is 0 Å². The quantitative estimate of drug-likeness (QED) is 0.392. The van der Waals surface area contributed by atoms with Crippen molar-refractivity contribution in [2.24, 2.45) is 16.6 Å². The molecule has 2 rings (SSSR count). The Kier molecular flexibility index (Phi) is 9.85. The predicted octanol–water partition coefficient (Wildman–Crippen LogP) is 3.41. The molecule has 0 bridgehead atoms. The molecule has 1 aromatic heterocycles. The van der Waals surface area contributed by atoms with Crippen LogP contribution < -0.4 is 10.6 Å². The Labute approximate surface area is 161 Å². The average molecular weight is 451 g/mol. The summed E-state index contributed by atoms with van der Waals surface area (Å²) < 4.78 is 0. The second kappa shape index (κ2) is 11.1. The van der Waals surface area contributed by atoms with E-state index in [1.54, 1.807) is 11.3 Å². The number of hydrogen-bond acceptors (Lipinski definition) is 4. The van der Waals surface area contributed by atoms with Gasteiger partial charge in [0.1, 0.15) is 0 Å². The van der Waals surface area contributed by atoms with E-state index in [0.717, 1.165) is 37.9 Å². The number of hydrogen-bond donors (Lipinski definition) is 1. The Bertz CT molecular complexity index is 443. The lowest BCUT2D eigenvalue weighted by Crippen LogP contribution is -2.51. The van der Waals surface area contributed by atoms with Crippen molar-refractivity contribution in [2.75, 3.05) is 37.6 Å². The number of unbranched alkanes of at least 4 members (excludes halogenated alkanes) is 1. The molecule has 5 nitrogen and oxygen atoms in total. The van der Waals surface area contributed by atoms with Gasteiger partial charge in [-0.1, -0.05) is 33.1 Å². The van der Waals surface area contributed by atoms with Crippen LogP contribution in [0.4, 0.5) is 5.13 Å². The summed E-state index contributed by atoms with van der Waals surface area (Å²) in [5.74, 6) is 1.39. The lowest BCUT2D eigenvalue weighted by molar-refractivity contribution is 0.377. The van der Waals surface area contributed by atoms with E-state index >= 15 is 0 Å². The van der Waals surface area contributed by atoms with Crippen molar-refractivity contribution in [3.63, 3.8) is 0 Å². The lowest BCUT2D eigenvalue weighted by Gasteiger charge is -2.35. The summed E-state index contributed by atoms with van der Waals surface area (Å²) >= 11 is 1.70. The summed E-state index contributed by atoms with van der Waals surface area (Å²) in [7, 11) is 0. The van der Waals surface area contributed by atoms with Crippen LogP contribution in [0.3, 0.4) is 0 Å². The molecule has 7 heteroatoms. The number of nitrogens with two attached hydrogens (primary N) is 1. The van der Waals surface area contributed by atoms with E-state index in [1.165, 1.54) is 25.7 Å². The van der Waals surface area contributed by atoms with Crippen molar-refractivity contribution in [2.45, 2.75) is 39.5 Å². The van der Waals surface area contributed by atoms with Gasteiger partial charge in [0, 0.05) is 44.3 Å². The molecule has 1 saturated heterocycles. The fourth-order valence-corrected chi connectivity index (χ4v) is 3.44. The minimum atomic E-state index is 0. The van der Waals surface area contributed by atoms with Gasteiger partial charge in [0.2, 0.25) is 0 Å². The van der Waals surface area contributed by atoms with Crippen molar-refractivity contribution in [1.29, 1.82) is 0 Å². The zero-order valence-electron chi connectivity index (χ0n) is 14.3. The van der Waals surface area contributed by atoms with Gasteiger partial charge in [0.15, 0.2) is 11.1 Å². The number of halogens is 1. The molecule has 1 aromatic rings. The van der Waals surface area contributed by atoms with Gasteiger partial charge in [-0.25, -0.2) is 4.98 Å². The molecule has 1 unspecified atom stereocenters. The van der Waals surface area contributed by atoms with E-state index in [4.69, 9.17) is 5.73 Å². The lowest BCUT2D eigenvalue weighted by atomic mass is 10.00. The number of aromatic nitrogens is 1. The largest absolute Gasteiger partial charge is 0.370 e. The summed E-state index contributed by atoms with van der Waals surface area (Å²) in [6, 6.07) is 0. The maximum absolute atomic E-state index is 6.19. The van der Waals surface area contributed by atoms with Crippen LogP contribution in [0.15, 0.2) is 16.6 Å². The number of thiazole rings is 1. The van der Waals surface area contributed by atoms with Crippen LogP contribution in [0, 0.1) is 5.92 Å². The number of rotatable bonds is 7. The highest BCUT2D eigenvalue weighted by atomic mass is 127. The third-order valence-electron chi connectivity index (χ3n) is 4.35. The summed E-state index contributed by atoms with van der Waals surface area (Å²) in [6.45, 7) is 9.16. The highest BCUT2D eigenvalue weighted by molar-refractivity contribution is 14.0. The molecular formula is C16H30IN5S. The van der Waals surface area contributed by atoms with E-state index < -0.39 is 0 Å². The molecule has 1 aliphatic rings. The molecule has 132 valence electrons. The van der Waals surface area contributed by atoms with Crippen LogP contribution in [-0.4, -0.2) is 48.6 Å². The van der Waals surface area contributed by atoms with E-state index in [2.05, 4.69) is 33.6 Å². The Morgan fingerprint density at radius 1 is 1.35 bits per heavy atom. The zero-order valence-corrected chi connectivity index (χ0v) is 17.4. The second-order valence-corrected chi connectivity index (χ2v) is 6.78. The molecule has 2 N–H and O–H groups in total.